The van der Waals surface area contributed by atoms with Crippen molar-refractivity contribution in [1.82, 2.24) is 10.2 Å². The summed E-state index contributed by atoms with van der Waals surface area (Å²) >= 11 is 3.46. The molecule has 2 saturated heterocycles. The Morgan fingerprint density at radius 2 is 1.78 bits per heavy atom. The van der Waals surface area contributed by atoms with Crippen molar-refractivity contribution in [1.29, 1.82) is 0 Å². The van der Waals surface area contributed by atoms with Gasteiger partial charge in [0.15, 0.2) is 0 Å². The Balaban J connectivity index is 1.99. The second kappa shape index (κ2) is 4.60. The molecule has 0 aromatic heterocycles. The lowest BCUT2D eigenvalue weighted by molar-refractivity contribution is -0.134. The van der Waals surface area contributed by atoms with Gasteiger partial charge < -0.3 is 15.3 Å². The molecule has 2 N–H and O–H groups in total. The summed E-state index contributed by atoms with van der Waals surface area (Å²) in [6.45, 7) is 3.70. The maximum absolute atomic E-state index is 11.2. The number of aliphatic hydroxyl groups is 1. The fourth-order valence-electron chi connectivity index (χ4n) is 3.50. The number of likely N-dealkylation sites (tertiary alicyclic amines) is 1. The molecule has 2 atom stereocenters. The molecule has 0 aliphatic carbocycles. The Morgan fingerprint density at radius 3 is 2.33 bits per heavy atom. The van der Waals surface area contributed by atoms with E-state index in [2.05, 4.69) is 45.3 Å². The molecule has 3 rings (SSSR count). The van der Waals surface area contributed by atoms with Crippen LogP contribution in [0.15, 0.2) is 28.7 Å². The Kier molecular flexibility index (Phi) is 3.22. The third-order valence-electron chi connectivity index (χ3n) is 4.40. The number of piperidine rings is 2. The smallest absolute Gasteiger partial charge is 0.100 e. The highest BCUT2D eigenvalue weighted by molar-refractivity contribution is 9.10. The van der Waals surface area contributed by atoms with Crippen molar-refractivity contribution < 1.29 is 5.11 Å². The second-order valence-corrected chi connectivity index (χ2v) is 6.52. The van der Waals surface area contributed by atoms with Crippen molar-refractivity contribution in [2.24, 2.45) is 11.8 Å². The van der Waals surface area contributed by atoms with Gasteiger partial charge in [-0.15, -0.1) is 0 Å². The van der Waals surface area contributed by atoms with Gasteiger partial charge in [-0.1, -0.05) is 28.1 Å². The van der Waals surface area contributed by atoms with Crippen molar-refractivity contribution in [2.75, 3.05) is 33.2 Å². The normalized spacial score (nSPS) is 36.6. The molecule has 4 heteroatoms. The zero-order valence-electron chi connectivity index (χ0n) is 10.6. The average Bonchev–Trinajstić information content (AvgIpc) is 2.32. The molecule has 0 saturated carbocycles. The molecule has 2 fully saturated rings. The molecule has 2 aliphatic heterocycles. The third-order valence-corrected chi connectivity index (χ3v) is 4.93. The van der Waals surface area contributed by atoms with E-state index >= 15 is 0 Å². The largest absolute Gasteiger partial charge is 0.384 e. The van der Waals surface area contributed by atoms with Crippen molar-refractivity contribution in [2.45, 2.75) is 5.60 Å². The molecule has 0 spiro atoms. The van der Waals surface area contributed by atoms with Gasteiger partial charge in [0.2, 0.25) is 0 Å². The predicted molar refractivity (Wildman–Crippen MR) is 75.4 cm³/mol. The highest BCUT2D eigenvalue weighted by Gasteiger charge is 2.50. The number of fused-ring (bicyclic) bond motifs is 2. The Morgan fingerprint density at radius 1 is 1.22 bits per heavy atom. The van der Waals surface area contributed by atoms with Crippen LogP contribution in [0.5, 0.6) is 0 Å². The number of nitrogens with one attached hydrogen (secondary N) is 1. The summed E-state index contributed by atoms with van der Waals surface area (Å²) in [5.41, 5.74) is 0.397. The third kappa shape index (κ3) is 1.92. The Bertz CT molecular complexity index is 420. The highest BCUT2D eigenvalue weighted by Crippen LogP contribution is 2.42. The van der Waals surface area contributed by atoms with Crippen molar-refractivity contribution >= 4 is 15.9 Å². The maximum Gasteiger partial charge on any atom is 0.100 e. The van der Waals surface area contributed by atoms with E-state index in [-0.39, 0.29) is 11.8 Å². The lowest BCUT2D eigenvalue weighted by atomic mass is 9.67. The zero-order chi connectivity index (χ0) is 12.8. The minimum atomic E-state index is -0.668. The van der Waals surface area contributed by atoms with Gasteiger partial charge in [0.25, 0.3) is 0 Å². The fourth-order valence-corrected chi connectivity index (χ4v) is 3.76. The summed E-state index contributed by atoms with van der Waals surface area (Å²) < 4.78 is 1.06. The van der Waals surface area contributed by atoms with E-state index in [1.807, 2.05) is 12.1 Å². The van der Waals surface area contributed by atoms with Crippen LogP contribution in [0.1, 0.15) is 5.56 Å². The molecule has 1 aromatic carbocycles. The van der Waals surface area contributed by atoms with Crippen LogP contribution >= 0.6 is 15.9 Å². The number of hydrogen-bond acceptors (Lipinski definition) is 3. The van der Waals surface area contributed by atoms with Gasteiger partial charge in [0.1, 0.15) is 5.60 Å². The van der Waals surface area contributed by atoms with Crippen LogP contribution < -0.4 is 5.32 Å². The summed E-state index contributed by atoms with van der Waals surface area (Å²) in [6.07, 6.45) is 0. The van der Waals surface area contributed by atoms with Crippen LogP contribution in [-0.4, -0.2) is 43.2 Å². The quantitative estimate of drug-likeness (QED) is 0.823. The second-order valence-electron chi connectivity index (χ2n) is 5.61. The molecule has 18 heavy (non-hydrogen) atoms. The summed E-state index contributed by atoms with van der Waals surface area (Å²) in [5.74, 6) is 0.548. The molecule has 0 amide bonds. The first kappa shape index (κ1) is 12.6. The van der Waals surface area contributed by atoms with Gasteiger partial charge >= 0.3 is 0 Å². The molecule has 2 aliphatic rings. The van der Waals surface area contributed by atoms with E-state index in [4.69, 9.17) is 0 Å². The monoisotopic (exact) mass is 310 g/mol. The van der Waals surface area contributed by atoms with Crippen LogP contribution in [0, 0.1) is 11.8 Å². The molecule has 2 unspecified atom stereocenters. The van der Waals surface area contributed by atoms with E-state index < -0.39 is 5.60 Å². The van der Waals surface area contributed by atoms with Crippen molar-refractivity contribution in [3.8, 4) is 0 Å². The first-order valence-electron chi connectivity index (χ1n) is 6.48. The Labute approximate surface area is 116 Å². The number of nitrogens with zero attached hydrogens (tertiary/aromatic N) is 1. The molecule has 2 heterocycles. The molecule has 0 radical (unpaired) electrons. The van der Waals surface area contributed by atoms with E-state index in [0.29, 0.717) is 0 Å². The number of halogens is 1. The minimum absolute atomic E-state index is 0.274. The number of benzene rings is 1. The zero-order valence-corrected chi connectivity index (χ0v) is 12.2. The minimum Gasteiger partial charge on any atom is -0.384 e. The molecule has 2 bridgehead atoms. The van der Waals surface area contributed by atoms with Crippen LogP contribution in [0.25, 0.3) is 0 Å². The van der Waals surface area contributed by atoms with Crippen LogP contribution in [0.3, 0.4) is 0 Å². The summed E-state index contributed by atoms with van der Waals surface area (Å²) in [6, 6.07) is 8.16. The van der Waals surface area contributed by atoms with Gasteiger partial charge in [-0.3, -0.25) is 0 Å². The predicted octanol–water partition coefficient (Wildman–Crippen LogP) is 1.42. The topological polar surface area (TPSA) is 35.5 Å². The summed E-state index contributed by atoms with van der Waals surface area (Å²) in [5, 5.41) is 14.7. The first-order valence-corrected chi connectivity index (χ1v) is 7.27. The number of rotatable bonds is 1. The molecular formula is C14H19BrN2O. The van der Waals surface area contributed by atoms with Crippen LogP contribution in [-0.2, 0) is 5.60 Å². The number of hydrogen-bond donors (Lipinski definition) is 2. The average molecular weight is 311 g/mol. The first-order chi connectivity index (χ1) is 8.60. The maximum atomic E-state index is 11.2. The van der Waals surface area contributed by atoms with Gasteiger partial charge in [0, 0.05) is 42.5 Å². The van der Waals surface area contributed by atoms with Gasteiger partial charge in [-0.2, -0.15) is 0 Å². The van der Waals surface area contributed by atoms with E-state index in [0.717, 1.165) is 36.2 Å². The highest BCUT2D eigenvalue weighted by atomic mass is 79.9. The summed E-state index contributed by atoms with van der Waals surface area (Å²) in [7, 11) is 2.15. The lowest BCUT2D eigenvalue weighted by Crippen LogP contribution is -2.64. The lowest BCUT2D eigenvalue weighted by Gasteiger charge is -2.52. The van der Waals surface area contributed by atoms with Gasteiger partial charge in [0.05, 0.1) is 0 Å². The van der Waals surface area contributed by atoms with Gasteiger partial charge in [-0.25, -0.2) is 0 Å². The molecule has 3 nitrogen and oxygen atoms in total. The Hall–Kier alpha value is -0.420. The van der Waals surface area contributed by atoms with Gasteiger partial charge in [-0.05, 0) is 24.7 Å². The van der Waals surface area contributed by atoms with Crippen LogP contribution in [0.2, 0.25) is 0 Å². The van der Waals surface area contributed by atoms with E-state index in [1.54, 1.807) is 0 Å². The standard InChI is InChI=1S/C14H19BrN2O/c1-17-8-11-6-16-7-12(9-17)14(11,18)10-2-4-13(15)5-3-10/h2-5,11-12,16,18H,6-9H2,1H3. The molecule has 1 aromatic rings. The van der Waals surface area contributed by atoms with Crippen LogP contribution in [0.4, 0.5) is 0 Å². The molecular weight excluding hydrogens is 292 g/mol. The molecule has 98 valence electrons. The fraction of sp³-hybridized carbons (Fsp3) is 0.571. The van der Waals surface area contributed by atoms with Crippen molar-refractivity contribution in [3.05, 3.63) is 34.3 Å². The van der Waals surface area contributed by atoms with E-state index in [1.165, 1.54) is 0 Å². The van der Waals surface area contributed by atoms with E-state index in [9.17, 15) is 5.11 Å². The van der Waals surface area contributed by atoms with Crippen molar-refractivity contribution in [3.63, 3.8) is 0 Å². The SMILES string of the molecule is CN1CC2CNCC(C1)C2(O)c1ccc(Br)cc1. The summed E-state index contributed by atoms with van der Waals surface area (Å²) in [4.78, 5) is 2.34.